The van der Waals surface area contributed by atoms with Gasteiger partial charge in [0, 0.05) is 38.9 Å². The number of benzene rings is 1. The maximum Gasteiger partial charge on any atom is 0.258 e. The molecule has 7 heteroatoms. The van der Waals surface area contributed by atoms with Gasteiger partial charge in [-0.3, -0.25) is 14.5 Å². The molecule has 1 fully saturated rings. The standard InChI is InChI=1S/C21H25FN4O2/c22-20-18(8-4-10-24-20)21(28)26-13-5-12-25(14-15-26)16-19(27)23-11-9-17-6-2-1-3-7-17/h1-4,6-8,10H,5,9,11-16H2,(H,23,27). The van der Waals surface area contributed by atoms with Crippen LogP contribution in [0, 0.1) is 5.95 Å². The maximum absolute atomic E-state index is 13.8. The number of hydrogen-bond acceptors (Lipinski definition) is 4. The predicted molar refractivity (Wildman–Crippen MR) is 104 cm³/mol. The van der Waals surface area contributed by atoms with Gasteiger partial charge in [0.1, 0.15) is 0 Å². The zero-order valence-corrected chi connectivity index (χ0v) is 15.8. The molecule has 1 N–H and O–H groups in total. The minimum Gasteiger partial charge on any atom is -0.355 e. The third kappa shape index (κ3) is 5.60. The summed E-state index contributed by atoms with van der Waals surface area (Å²) in [7, 11) is 0. The van der Waals surface area contributed by atoms with Crippen LogP contribution in [-0.2, 0) is 11.2 Å². The number of hydrogen-bond donors (Lipinski definition) is 1. The van der Waals surface area contributed by atoms with Crippen LogP contribution < -0.4 is 5.32 Å². The Labute approximate surface area is 164 Å². The topological polar surface area (TPSA) is 65.5 Å². The molecule has 6 nitrogen and oxygen atoms in total. The number of aromatic nitrogens is 1. The molecule has 1 aromatic carbocycles. The number of nitrogens with one attached hydrogen (secondary N) is 1. The quantitative estimate of drug-likeness (QED) is 0.771. The van der Waals surface area contributed by atoms with Crippen molar-refractivity contribution < 1.29 is 14.0 Å². The van der Waals surface area contributed by atoms with Gasteiger partial charge >= 0.3 is 0 Å². The highest BCUT2D eigenvalue weighted by Gasteiger charge is 2.23. The van der Waals surface area contributed by atoms with E-state index in [0.717, 1.165) is 19.4 Å². The van der Waals surface area contributed by atoms with E-state index in [1.807, 2.05) is 35.2 Å². The Balaban J connectivity index is 1.44. The number of rotatable bonds is 6. The van der Waals surface area contributed by atoms with Crippen LogP contribution in [0.15, 0.2) is 48.7 Å². The van der Waals surface area contributed by atoms with E-state index in [0.29, 0.717) is 32.7 Å². The first-order chi connectivity index (χ1) is 13.6. The Morgan fingerprint density at radius 3 is 2.64 bits per heavy atom. The van der Waals surface area contributed by atoms with Gasteiger partial charge in [-0.15, -0.1) is 0 Å². The lowest BCUT2D eigenvalue weighted by Gasteiger charge is -2.21. The number of nitrogens with zero attached hydrogens (tertiary/aromatic N) is 3. The van der Waals surface area contributed by atoms with E-state index in [2.05, 4.69) is 10.3 Å². The summed E-state index contributed by atoms with van der Waals surface area (Å²) in [4.78, 5) is 31.9. The second-order valence-corrected chi connectivity index (χ2v) is 6.85. The van der Waals surface area contributed by atoms with Crippen molar-refractivity contribution in [2.45, 2.75) is 12.8 Å². The second-order valence-electron chi connectivity index (χ2n) is 6.85. The number of halogens is 1. The number of pyridine rings is 1. The van der Waals surface area contributed by atoms with Crippen molar-refractivity contribution in [3.05, 3.63) is 65.7 Å². The first-order valence-corrected chi connectivity index (χ1v) is 9.56. The summed E-state index contributed by atoms with van der Waals surface area (Å²) in [6, 6.07) is 13.0. The fourth-order valence-electron chi connectivity index (χ4n) is 3.30. The lowest BCUT2D eigenvalue weighted by atomic mass is 10.1. The van der Waals surface area contributed by atoms with Gasteiger partial charge in [0.15, 0.2) is 0 Å². The lowest BCUT2D eigenvalue weighted by molar-refractivity contribution is -0.122. The summed E-state index contributed by atoms with van der Waals surface area (Å²) in [5.74, 6) is -1.11. The molecule has 0 spiro atoms. The molecule has 0 bridgehead atoms. The minimum absolute atomic E-state index is 0.00500. The lowest BCUT2D eigenvalue weighted by Crippen LogP contribution is -2.40. The maximum atomic E-state index is 13.8. The van der Waals surface area contributed by atoms with Crippen LogP contribution in [0.3, 0.4) is 0 Å². The van der Waals surface area contributed by atoms with E-state index in [9.17, 15) is 14.0 Å². The Hall–Kier alpha value is -2.80. The van der Waals surface area contributed by atoms with Crippen LogP contribution >= 0.6 is 0 Å². The van der Waals surface area contributed by atoms with Crippen molar-refractivity contribution in [1.82, 2.24) is 20.1 Å². The van der Waals surface area contributed by atoms with E-state index >= 15 is 0 Å². The fraction of sp³-hybridized carbons (Fsp3) is 0.381. The van der Waals surface area contributed by atoms with Gasteiger partial charge < -0.3 is 10.2 Å². The summed E-state index contributed by atoms with van der Waals surface area (Å²) in [6.07, 6.45) is 2.86. The Kier molecular flexibility index (Phi) is 7.08. The molecule has 2 heterocycles. The van der Waals surface area contributed by atoms with Crippen LogP contribution in [0.25, 0.3) is 0 Å². The number of amides is 2. The molecule has 2 aromatic rings. The zero-order chi connectivity index (χ0) is 19.8. The van der Waals surface area contributed by atoms with Crippen molar-refractivity contribution in [3.63, 3.8) is 0 Å². The van der Waals surface area contributed by atoms with Crippen molar-refractivity contribution in [2.75, 3.05) is 39.3 Å². The summed E-state index contributed by atoms with van der Waals surface area (Å²) < 4.78 is 13.8. The van der Waals surface area contributed by atoms with Gasteiger partial charge in [-0.1, -0.05) is 30.3 Å². The van der Waals surface area contributed by atoms with Crippen molar-refractivity contribution in [3.8, 4) is 0 Å². The van der Waals surface area contributed by atoms with Crippen LogP contribution in [0.2, 0.25) is 0 Å². The summed E-state index contributed by atoms with van der Waals surface area (Å²) in [6.45, 7) is 3.22. The molecular weight excluding hydrogens is 359 g/mol. The normalized spacial score (nSPS) is 15.1. The number of carbonyl (C=O) groups excluding carboxylic acids is 2. The second kappa shape index (κ2) is 9.94. The molecule has 28 heavy (non-hydrogen) atoms. The third-order valence-electron chi connectivity index (χ3n) is 4.81. The van der Waals surface area contributed by atoms with Gasteiger partial charge in [0.2, 0.25) is 11.9 Å². The van der Waals surface area contributed by atoms with Crippen LogP contribution in [-0.4, -0.2) is 65.9 Å². The number of carbonyl (C=O) groups is 2. The summed E-state index contributed by atoms with van der Waals surface area (Å²) >= 11 is 0. The molecular formula is C21H25FN4O2. The van der Waals surface area contributed by atoms with Crippen molar-refractivity contribution in [1.29, 1.82) is 0 Å². The predicted octanol–water partition coefficient (Wildman–Crippen LogP) is 1.73. The largest absolute Gasteiger partial charge is 0.355 e. The highest BCUT2D eigenvalue weighted by atomic mass is 19.1. The fourth-order valence-corrected chi connectivity index (χ4v) is 3.30. The molecule has 3 rings (SSSR count). The highest BCUT2D eigenvalue weighted by molar-refractivity contribution is 5.94. The van der Waals surface area contributed by atoms with E-state index < -0.39 is 5.95 Å². The average Bonchev–Trinajstić information content (AvgIpc) is 2.94. The van der Waals surface area contributed by atoms with E-state index in [1.54, 1.807) is 11.0 Å². The van der Waals surface area contributed by atoms with E-state index in [-0.39, 0.29) is 17.4 Å². The first kappa shape index (κ1) is 19.9. The van der Waals surface area contributed by atoms with Crippen LogP contribution in [0.5, 0.6) is 0 Å². The van der Waals surface area contributed by atoms with Crippen molar-refractivity contribution >= 4 is 11.8 Å². The molecule has 1 aliphatic heterocycles. The summed E-state index contributed by atoms with van der Waals surface area (Å²) in [5.41, 5.74) is 1.18. The van der Waals surface area contributed by atoms with Gasteiger partial charge in [0.05, 0.1) is 12.1 Å². The molecule has 0 saturated carbocycles. The Bertz CT molecular complexity index is 800. The average molecular weight is 384 g/mol. The summed E-state index contributed by atoms with van der Waals surface area (Å²) in [5, 5.41) is 2.95. The minimum atomic E-state index is -0.744. The highest BCUT2D eigenvalue weighted by Crippen LogP contribution is 2.11. The molecule has 1 saturated heterocycles. The smallest absolute Gasteiger partial charge is 0.258 e. The molecule has 2 amide bonds. The third-order valence-corrected chi connectivity index (χ3v) is 4.81. The molecule has 1 aliphatic rings. The van der Waals surface area contributed by atoms with Gasteiger partial charge in [-0.05, 0) is 30.5 Å². The first-order valence-electron chi connectivity index (χ1n) is 9.56. The molecule has 0 aliphatic carbocycles. The SMILES string of the molecule is O=C(CN1CCCN(C(=O)c2cccnc2F)CC1)NCCc1ccccc1. The van der Waals surface area contributed by atoms with Crippen molar-refractivity contribution in [2.24, 2.45) is 0 Å². The van der Waals surface area contributed by atoms with Crippen LogP contribution in [0.1, 0.15) is 22.3 Å². The molecule has 0 atom stereocenters. The Morgan fingerprint density at radius 2 is 1.86 bits per heavy atom. The van der Waals surface area contributed by atoms with Crippen LogP contribution in [0.4, 0.5) is 4.39 Å². The van der Waals surface area contributed by atoms with Gasteiger partial charge in [-0.25, -0.2) is 4.98 Å². The molecule has 0 radical (unpaired) electrons. The monoisotopic (exact) mass is 384 g/mol. The zero-order valence-electron chi connectivity index (χ0n) is 15.8. The molecule has 0 unspecified atom stereocenters. The molecule has 1 aromatic heterocycles. The Morgan fingerprint density at radius 1 is 1.04 bits per heavy atom. The van der Waals surface area contributed by atoms with Gasteiger partial charge in [-0.2, -0.15) is 4.39 Å². The van der Waals surface area contributed by atoms with E-state index in [4.69, 9.17) is 0 Å². The van der Waals surface area contributed by atoms with E-state index in [1.165, 1.54) is 17.8 Å². The van der Waals surface area contributed by atoms with Gasteiger partial charge in [0.25, 0.3) is 5.91 Å². The molecule has 148 valence electrons.